The molecule has 1 fully saturated rings. The lowest BCUT2D eigenvalue weighted by atomic mass is 9.94. The average molecular weight is 267 g/mol. The standard InChI is InChI=1S/C7H12BO4PS2/c1-10-5-4(3-12-13(9)14)15-7(8)6(5)11-2/h4-7H,3H2,1-2H3/p+1. The van der Waals surface area contributed by atoms with E-state index in [2.05, 4.69) is 12.2 Å². The van der Waals surface area contributed by atoms with Gasteiger partial charge in [0.2, 0.25) is 0 Å². The number of methoxy groups -OCH3 is 2. The van der Waals surface area contributed by atoms with E-state index >= 15 is 0 Å². The predicted molar refractivity (Wildman–Crippen MR) is 65.1 cm³/mol. The molecule has 8 heteroatoms. The molecule has 1 heterocycles. The molecule has 84 valence electrons. The Balaban J connectivity index is 2.54. The van der Waals surface area contributed by atoms with Gasteiger partial charge in [0.15, 0.2) is 0 Å². The van der Waals surface area contributed by atoms with E-state index in [1.165, 1.54) is 11.8 Å². The highest BCUT2D eigenvalue weighted by Crippen LogP contribution is 2.38. The molecule has 0 aromatic heterocycles. The van der Waals surface area contributed by atoms with Gasteiger partial charge in [0, 0.05) is 14.2 Å². The van der Waals surface area contributed by atoms with Gasteiger partial charge in [0.05, 0.1) is 25.3 Å². The minimum absolute atomic E-state index is 0.0287. The van der Waals surface area contributed by atoms with Crippen LogP contribution in [0.1, 0.15) is 0 Å². The Morgan fingerprint density at radius 2 is 2.00 bits per heavy atom. The fraction of sp³-hybridized carbons (Fsp3) is 1.00. The first kappa shape index (κ1) is 13.8. The van der Waals surface area contributed by atoms with Gasteiger partial charge < -0.3 is 9.47 Å². The number of ether oxygens (including phenoxy) is 2. The van der Waals surface area contributed by atoms with Crippen molar-refractivity contribution >= 4 is 39.1 Å². The fourth-order valence-corrected chi connectivity index (χ4v) is 3.56. The Bertz CT molecular complexity index is 233. The number of rotatable bonds is 5. The van der Waals surface area contributed by atoms with Gasteiger partial charge in [-0.15, -0.1) is 4.52 Å². The van der Waals surface area contributed by atoms with Crippen LogP contribution in [0.3, 0.4) is 0 Å². The van der Waals surface area contributed by atoms with Crippen LogP contribution in [0.4, 0.5) is 0 Å². The van der Waals surface area contributed by atoms with Gasteiger partial charge in [-0.25, -0.2) is 0 Å². The van der Waals surface area contributed by atoms with E-state index < -0.39 is 7.23 Å². The number of thioether (sulfide) groups is 1. The molecule has 1 aliphatic heterocycles. The molecular weight excluding hydrogens is 254 g/mol. The smallest absolute Gasteiger partial charge is 0.378 e. The molecule has 4 nitrogen and oxygen atoms in total. The Morgan fingerprint density at radius 3 is 2.47 bits per heavy atom. The van der Waals surface area contributed by atoms with Crippen molar-refractivity contribution in [3.05, 3.63) is 0 Å². The Labute approximate surface area is 101 Å². The van der Waals surface area contributed by atoms with E-state index in [1.807, 2.05) is 0 Å². The van der Waals surface area contributed by atoms with Gasteiger partial charge in [-0.2, -0.15) is 11.8 Å². The quantitative estimate of drug-likeness (QED) is 0.461. The van der Waals surface area contributed by atoms with Crippen molar-refractivity contribution in [1.82, 2.24) is 0 Å². The number of thiol groups is 1. The summed E-state index contributed by atoms with van der Waals surface area (Å²) in [5, 5.41) is -0.118. The molecule has 0 aromatic rings. The lowest BCUT2D eigenvalue weighted by Crippen LogP contribution is -2.37. The molecule has 0 bridgehead atoms. The third-order valence-electron chi connectivity index (χ3n) is 2.24. The summed E-state index contributed by atoms with van der Waals surface area (Å²) in [6.45, 7) is 0.301. The summed E-state index contributed by atoms with van der Waals surface area (Å²) in [7, 11) is 7.18. The summed E-state index contributed by atoms with van der Waals surface area (Å²) in [6.07, 6.45) is -0.301. The van der Waals surface area contributed by atoms with Crippen LogP contribution in [0.2, 0.25) is 0 Å². The van der Waals surface area contributed by atoms with Crippen LogP contribution in [-0.4, -0.2) is 51.3 Å². The summed E-state index contributed by atoms with van der Waals surface area (Å²) in [4.78, 5) is 0. The molecule has 0 aromatic carbocycles. The molecule has 1 saturated heterocycles. The maximum absolute atomic E-state index is 10.7. The molecular formula is C7H13BO4PS2+. The fourth-order valence-electron chi connectivity index (χ4n) is 1.58. The van der Waals surface area contributed by atoms with Crippen LogP contribution in [0.15, 0.2) is 0 Å². The molecule has 0 saturated carbocycles. The van der Waals surface area contributed by atoms with Crippen molar-refractivity contribution < 1.29 is 18.6 Å². The van der Waals surface area contributed by atoms with Gasteiger partial charge in [-0.3, -0.25) is 0 Å². The van der Waals surface area contributed by atoms with Crippen LogP contribution in [-0.2, 0) is 18.6 Å². The van der Waals surface area contributed by atoms with Crippen LogP contribution in [0, 0.1) is 0 Å². The van der Waals surface area contributed by atoms with Crippen molar-refractivity contribution in [2.75, 3.05) is 20.8 Å². The zero-order valence-corrected chi connectivity index (χ0v) is 11.1. The van der Waals surface area contributed by atoms with Crippen LogP contribution >= 0.6 is 31.2 Å². The van der Waals surface area contributed by atoms with Crippen molar-refractivity contribution in [2.45, 2.75) is 22.6 Å². The predicted octanol–water partition coefficient (Wildman–Crippen LogP) is 1.23. The second-order valence-electron chi connectivity index (χ2n) is 3.07. The summed E-state index contributed by atoms with van der Waals surface area (Å²) in [5.74, 6) is 0. The second-order valence-corrected chi connectivity index (χ2v) is 6.21. The molecule has 15 heavy (non-hydrogen) atoms. The molecule has 0 spiro atoms. The Hall–Kier alpha value is 0.745. The lowest BCUT2D eigenvalue weighted by molar-refractivity contribution is -0.0248. The minimum Gasteiger partial charge on any atom is -0.378 e. The second kappa shape index (κ2) is 6.47. The molecule has 5 atom stereocenters. The Morgan fingerprint density at radius 1 is 1.40 bits per heavy atom. The molecule has 0 amide bonds. The lowest BCUT2D eigenvalue weighted by Gasteiger charge is -2.21. The van der Waals surface area contributed by atoms with Crippen molar-refractivity contribution in [2.24, 2.45) is 0 Å². The largest absolute Gasteiger partial charge is 0.582 e. The van der Waals surface area contributed by atoms with E-state index in [-0.39, 0.29) is 22.6 Å². The van der Waals surface area contributed by atoms with Gasteiger partial charge >= 0.3 is 7.23 Å². The maximum Gasteiger partial charge on any atom is 0.582 e. The van der Waals surface area contributed by atoms with E-state index in [0.29, 0.717) is 6.61 Å². The van der Waals surface area contributed by atoms with Crippen LogP contribution in [0.5, 0.6) is 0 Å². The van der Waals surface area contributed by atoms with Crippen molar-refractivity contribution in [1.29, 1.82) is 0 Å². The molecule has 0 N–H and O–H groups in total. The van der Waals surface area contributed by atoms with Gasteiger partial charge in [-0.05, 0) is 9.71 Å². The van der Waals surface area contributed by atoms with E-state index in [9.17, 15) is 4.57 Å². The molecule has 0 aliphatic carbocycles. The summed E-state index contributed by atoms with van der Waals surface area (Å²) in [5.41, 5.74) is 0. The van der Waals surface area contributed by atoms with E-state index in [0.717, 1.165) is 0 Å². The van der Waals surface area contributed by atoms with Crippen LogP contribution < -0.4 is 0 Å². The third kappa shape index (κ3) is 3.61. The first-order valence-corrected chi connectivity index (χ1v) is 7.63. The SMILES string of the molecule is [B]C1SC(CO[P+](=O)S)C(OC)C1OC. The topological polar surface area (TPSA) is 44.8 Å². The van der Waals surface area contributed by atoms with Gasteiger partial charge in [0.1, 0.15) is 18.9 Å². The highest BCUT2D eigenvalue weighted by Gasteiger charge is 2.43. The first-order valence-electron chi connectivity index (χ1n) is 4.35. The van der Waals surface area contributed by atoms with Gasteiger partial charge in [-0.1, -0.05) is 0 Å². The molecule has 1 rings (SSSR count). The summed E-state index contributed by atoms with van der Waals surface area (Å²) < 4.78 is 26.2. The number of hydrogen-bond acceptors (Lipinski definition) is 5. The summed E-state index contributed by atoms with van der Waals surface area (Å²) >= 11 is 5.19. The zero-order valence-electron chi connectivity index (χ0n) is 8.53. The highest BCUT2D eigenvalue weighted by molar-refractivity contribution is 8.39. The molecule has 2 radical (unpaired) electrons. The molecule has 5 unspecified atom stereocenters. The van der Waals surface area contributed by atoms with Gasteiger partial charge in [0.25, 0.3) is 0 Å². The summed E-state index contributed by atoms with van der Waals surface area (Å²) in [6, 6.07) is 0. The van der Waals surface area contributed by atoms with E-state index in [4.69, 9.17) is 21.8 Å². The third-order valence-corrected chi connectivity index (χ3v) is 4.29. The monoisotopic (exact) mass is 267 g/mol. The zero-order chi connectivity index (χ0) is 11.4. The Kier molecular flexibility index (Phi) is 5.96. The normalized spacial score (nSPS) is 36.9. The average Bonchev–Trinajstić information content (AvgIpc) is 2.50. The minimum atomic E-state index is -1.88. The van der Waals surface area contributed by atoms with Crippen LogP contribution in [0.25, 0.3) is 0 Å². The number of hydrogen-bond donors (Lipinski definition) is 1. The maximum atomic E-state index is 10.7. The highest BCUT2D eigenvalue weighted by atomic mass is 32.7. The van der Waals surface area contributed by atoms with Crippen molar-refractivity contribution in [3.8, 4) is 0 Å². The molecule has 1 aliphatic rings. The first-order chi connectivity index (χ1) is 7.10. The van der Waals surface area contributed by atoms with E-state index in [1.54, 1.807) is 14.2 Å². The van der Waals surface area contributed by atoms with Crippen molar-refractivity contribution in [3.63, 3.8) is 0 Å².